The number of nitrogens with zero attached hydrogens (tertiary/aromatic N) is 1. The van der Waals surface area contributed by atoms with E-state index in [0.29, 0.717) is 12.8 Å². The van der Waals surface area contributed by atoms with Crippen molar-refractivity contribution in [1.29, 1.82) is 0 Å². The number of carbonyl (C=O) groups excluding carboxylic acids is 2. The summed E-state index contributed by atoms with van der Waals surface area (Å²) in [6.07, 6.45) is 11.0. The van der Waals surface area contributed by atoms with E-state index in [1.54, 1.807) is 23.9 Å². The van der Waals surface area contributed by atoms with Crippen molar-refractivity contribution in [2.75, 3.05) is 26.2 Å². The predicted octanol–water partition coefficient (Wildman–Crippen LogP) is 9.14. The Labute approximate surface area is 279 Å². The number of hydrogen-bond donors (Lipinski definition) is 3. The average molecular weight is 645 g/mol. The fourth-order valence-corrected chi connectivity index (χ4v) is 7.38. The number of nitrogens with one attached hydrogen (secondary N) is 3. The van der Waals surface area contributed by atoms with Gasteiger partial charge in [0.25, 0.3) is 0 Å². The normalized spacial score (nSPS) is 18.5. The zero-order valence-corrected chi connectivity index (χ0v) is 27.3. The molecule has 6 nitrogen and oxygen atoms in total. The second kappa shape index (κ2) is 13.1. The number of benzene rings is 4. The third-order valence-electron chi connectivity index (χ3n) is 8.73. The van der Waals surface area contributed by atoms with Crippen molar-refractivity contribution in [2.24, 2.45) is 5.41 Å². The van der Waals surface area contributed by atoms with Gasteiger partial charge in [-0.15, -0.1) is 0 Å². The molecule has 8 heteroatoms. The molecule has 7 rings (SSSR count). The number of amides is 2. The number of carbonyl (C=O) groups is 2. The van der Waals surface area contributed by atoms with E-state index in [0.717, 1.165) is 63.9 Å². The number of fused-ring (bicyclic) bond motifs is 1. The standard InChI is InChI=1S/C38H36N4O2S2/c1-38(19-17-26-7-12-33(13-8-26)45-40-30-4-2-5-32(24-30)42-21-3-6-37(42)44)20-18-28(25-38)27-9-14-34(15-10-27)46-41-31-11-16-35-29(22-31)23-36(43)39-35/h2,4-5,7-16,18,20,22,24-25,40-41H,3,6,17,19,21,23H2,1H3,(H,39,43). The summed E-state index contributed by atoms with van der Waals surface area (Å²) in [5.74, 6) is 0.258. The van der Waals surface area contributed by atoms with Gasteiger partial charge >= 0.3 is 0 Å². The van der Waals surface area contributed by atoms with E-state index in [2.05, 4.69) is 88.4 Å². The first-order valence-corrected chi connectivity index (χ1v) is 17.3. The Bertz CT molecular complexity index is 1830. The third-order valence-corrected chi connectivity index (χ3v) is 10.4. The topological polar surface area (TPSA) is 73.5 Å². The lowest BCUT2D eigenvalue weighted by molar-refractivity contribution is -0.117. The largest absolute Gasteiger partial charge is 0.326 e. The van der Waals surface area contributed by atoms with E-state index in [9.17, 15) is 9.59 Å². The molecule has 1 fully saturated rings. The van der Waals surface area contributed by atoms with E-state index in [4.69, 9.17) is 0 Å². The smallest absolute Gasteiger partial charge is 0.228 e. The summed E-state index contributed by atoms with van der Waals surface area (Å²) in [7, 11) is 0. The number of anilines is 4. The van der Waals surface area contributed by atoms with Gasteiger partial charge in [0.15, 0.2) is 0 Å². The van der Waals surface area contributed by atoms with Crippen molar-refractivity contribution in [3.05, 3.63) is 126 Å². The highest BCUT2D eigenvalue weighted by Gasteiger charge is 2.24. The van der Waals surface area contributed by atoms with Gasteiger partial charge in [0.05, 0.1) is 6.42 Å². The van der Waals surface area contributed by atoms with Crippen LogP contribution in [0.15, 0.2) is 119 Å². The van der Waals surface area contributed by atoms with Crippen LogP contribution in [0.1, 0.15) is 42.9 Å². The zero-order chi connectivity index (χ0) is 31.5. The van der Waals surface area contributed by atoms with E-state index in [1.165, 1.54) is 16.7 Å². The van der Waals surface area contributed by atoms with E-state index < -0.39 is 0 Å². The van der Waals surface area contributed by atoms with Gasteiger partial charge in [0, 0.05) is 50.9 Å². The summed E-state index contributed by atoms with van der Waals surface area (Å²) in [5.41, 5.74) is 8.72. The molecule has 4 aromatic rings. The Morgan fingerprint density at radius 3 is 2.35 bits per heavy atom. The van der Waals surface area contributed by atoms with Crippen molar-refractivity contribution in [3.8, 4) is 0 Å². The van der Waals surface area contributed by atoms with Crippen LogP contribution in [0.3, 0.4) is 0 Å². The summed E-state index contributed by atoms with van der Waals surface area (Å²) < 4.78 is 6.84. The van der Waals surface area contributed by atoms with Gasteiger partial charge in [-0.1, -0.05) is 55.5 Å². The SMILES string of the molecule is CC1(CCc2ccc(SNc3cccc(N4CCCC4=O)c3)cc2)C=CC(c2ccc(SNc3ccc4c(c3)CC(=O)N4)cc2)=C1. The fraction of sp³-hybridized carbons (Fsp3) is 0.211. The summed E-state index contributed by atoms with van der Waals surface area (Å²) >= 11 is 3.16. The Morgan fingerprint density at radius 1 is 0.870 bits per heavy atom. The van der Waals surface area contributed by atoms with Crippen molar-refractivity contribution in [1.82, 2.24) is 0 Å². The maximum atomic E-state index is 12.1. The number of hydrogen-bond acceptors (Lipinski definition) is 6. The minimum absolute atomic E-state index is 0.0187. The van der Waals surface area contributed by atoms with Gasteiger partial charge in [-0.2, -0.15) is 0 Å². The summed E-state index contributed by atoms with van der Waals surface area (Å²) in [6, 6.07) is 31.5. The van der Waals surface area contributed by atoms with Gasteiger partial charge in [0.2, 0.25) is 11.8 Å². The van der Waals surface area contributed by atoms with Gasteiger partial charge in [0.1, 0.15) is 0 Å². The molecule has 3 N–H and O–H groups in total. The number of rotatable bonds is 11. The first kappa shape index (κ1) is 30.3. The fourth-order valence-electron chi connectivity index (χ4n) is 6.11. The molecule has 2 aliphatic heterocycles. The van der Waals surface area contributed by atoms with Crippen molar-refractivity contribution >= 4 is 64.0 Å². The second-order valence-corrected chi connectivity index (χ2v) is 14.1. The minimum atomic E-state index is 0.0187. The van der Waals surface area contributed by atoms with Crippen LogP contribution in [-0.4, -0.2) is 18.4 Å². The van der Waals surface area contributed by atoms with Gasteiger partial charge in [-0.05, 0) is 126 Å². The van der Waals surface area contributed by atoms with Crippen molar-refractivity contribution < 1.29 is 9.59 Å². The van der Waals surface area contributed by atoms with Crippen LogP contribution in [0.2, 0.25) is 0 Å². The average Bonchev–Trinajstić information content (AvgIpc) is 3.80. The quantitative estimate of drug-likeness (QED) is 0.142. The Kier molecular flexibility index (Phi) is 8.65. The molecule has 0 spiro atoms. The second-order valence-electron chi connectivity index (χ2n) is 12.3. The first-order valence-electron chi connectivity index (χ1n) is 15.7. The van der Waals surface area contributed by atoms with E-state index >= 15 is 0 Å². The third kappa shape index (κ3) is 7.03. The van der Waals surface area contributed by atoms with Gasteiger partial charge in [-0.25, -0.2) is 0 Å². The first-order chi connectivity index (χ1) is 22.4. The van der Waals surface area contributed by atoms with Gasteiger partial charge in [-0.3, -0.25) is 9.59 Å². The van der Waals surface area contributed by atoms with Crippen molar-refractivity contribution in [3.63, 3.8) is 0 Å². The Morgan fingerprint density at radius 2 is 1.61 bits per heavy atom. The molecule has 2 amide bonds. The molecule has 1 saturated heterocycles. The summed E-state index contributed by atoms with van der Waals surface area (Å²) in [5, 5.41) is 2.88. The summed E-state index contributed by atoms with van der Waals surface area (Å²) in [4.78, 5) is 27.9. The summed E-state index contributed by atoms with van der Waals surface area (Å²) in [6.45, 7) is 3.11. The van der Waals surface area contributed by atoms with Crippen LogP contribution in [0.25, 0.3) is 5.57 Å². The van der Waals surface area contributed by atoms with E-state index in [1.807, 2.05) is 47.4 Å². The minimum Gasteiger partial charge on any atom is -0.326 e. The van der Waals surface area contributed by atoms with Crippen molar-refractivity contribution in [2.45, 2.75) is 48.8 Å². The highest BCUT2D eigenvalue weighted by atomic mass is 32.2. The molecular formula is C38H36N4O2S2. The molecule has 232 valence electrons. The monoisotopic (exact) mass is 644 g/mol. The van der Waals surface area contributed by atoms with Crippen LogP contribution in [0, 0.1) is 5.41 Å². The van der Waals surface area contributed by atoms with Crippen LogP contribution in [0.5, 0.6) is 0 Å². The Hall–Kier alpha value is -4.40. The molecule has 0 bridgehead atoms. The lowest BCUT2D eigenvalue weighted by Crippen LogP contribution is -2.23. The molecule has 4 aromatic carbocycles. The molecule has 3 aliphatic rings. The number of allylic oxidation sites excluding steroid dienone is 4. The molecule has 0 radical (unpaired) electrons. The molecule has 1 aliphatic carbocycles. The number of aryl methyl sites for hydroxylation is 1. The lowest BCUT2D eigenvalue weighted by Gasteiger charge is -2.19. The molecule has 46 heavy (non-hydrogen) atoms. The molecule has 2 heterocycles. The molecule has 1 atom stereocenters. The highest BCUT2D eigenvalue weighted by molar-refractivity contribution is 8.00. The van der Waals surface area contributed by atoms with Crippen LogP contribution < -0.4 is 19.7 Å². The highest BCUT2D eigenvalue weighted by Crippen LogP contribution is 2.38. The van der Waals surface area contributed by atoms with Crippen LogP contribution >= 0.6 is 23.9 Å². The van der Waals surface area contributed by atoms with Crippen LogP contribution in [0.4, 0.5) is 22.7 Å². The predicted molar refractivity (Wildman–Crippen MR) is 192 cm³/mol. The van der Waals surface area contributed by atoms with E-state index in [-0.39, 0.29) is 17.2 Å². The molecule has 1 unspecified atom stereocenters. The molecular weight excluding hydrogens is 609 g/mol. The zero-order valence-electron chi connectivity index (χ0n) is 25.7. The van der Waals surface area contributed by atoms with Gasteiger partial charge < -0.3 is 19.7 Å². The maximum absolute atomic E-state index is 12.1. The Balaban J connectivity index is 0.891. The molecule has 0 aromatic heterocycles. The maximum Gasteiger partial charge on any atom is 0.228 e. The molecule has 0 saturated carbocycles. The van der Waals surface area contributed by atoms with Crippen LogP contribution in [-0.2, 0) is 22.4 Å². The lowest BCUT2D eigenvalue weighted by atomic mass is 9.85.